The van der Waals surface area contributed by atoms with Crippen molar-refractivity contribution in [3.63, 3.8) is 0 Å². The maximum absolute atomic E-state index is 11.8. The zero-order chi connectivity index (χ0) is 13.5. The molecule has 0 N–H and O–H groups in total. The summed E-state index contributed by atoms with van der Waals surface area (Å²) in [5, 5.41) is 0. The van der Waals surface area contributed by atoms with Gasteiger partial charge in [-0.15, -0.1) is 0 Å². The minimum absolute atomic E-state index is 0.00867. The van der Waals surface area contributed by atoms with Crippen LogP contribution in [0.15, 0.2) is 30.3 Å². The van der Waals surface area contributed by atoms with E-state index in [1.807, 2.05) is 13.0 Å². The molecule has 1 heterocycles. The van der Waals surface area contributed by atoms with Gasteiger partial charge in [0.2, 0.25) is 0 Å². The van der Waals surface area contributed by atoms with Crippen LogP contribution in [-0.2, 0) is 16.1 Å². The fourth-order valence-electron chi connectivity index (χ4n) is 3.64. The standard InChI is InChI=1S/C16H21NO2/c1-3-19-15(18)14-13-10-17(11-16(13,14)2)9-12-7-5-4-6-8-12/h4-8,13-14H,3,9-11H2,1-2H3. The van der Waals surface area contributed by atoms with Crippen LogP contribution in [-0.4, -0.2) is 30.6 Å². The molecule has 3 atom stereocenters. The molecule has 1 aromatic rings. The summed E-state index contributed by atoms with van der Waals surface area (Å²) in [5.41, 5.74) is 1.50. The molecule has 0 bridgehead atoms. The third kappa shape index (κ3) is 2.16. The van der Waals surface area contributed by atoms with Crippen LogP contribution < -0.4 is 0 Å². The zero-order valence-electron chi connectivity index (χ0n) is 11.6. The number of carbonyl (C=O) groups excluding carboxylic acids is 1. The first-order valence-corrected chi connectivity index (χ1v) is 7.08. The minimum atomic E-state index is 0.00867. The molecule has 0 spiro atoms. The van der Waals surface area contributed by atoms with Gasteiger partial charge in [-0.1, -0.05) is 37.3 Å². The Morgan fingerprint density at radius 3 is 2.74 bits per heavy atom. The molecule has 3 nitrogen and oxygen atoms in total. The quantitative estimate of drug-likeness (QED) is 0.777. The second kappa shape index (κ2) is 4.64. The highest BCUT2D eigenvalue weighted by atomic mass is 16.5. The van der Waals surface area contributed by atoms with Crippen molar-refractivity contribution < 1.29 is 9.53 Å². The predicted octanol–water partition coefficient (Wildman–Crippen LogP) is 2.32. The number of hydrogen-bond acceptors (Lipinski definition) is 3. The Kier molecular flexibility index (Phi) is 3.09. The summed E-state index contributed by atoms with van der Waals surface area (Å²) in [6.07, 6.45) is 0. The van der Waals surface area contributed by atoms with Gasteiger partial charge in [0.05, 0.1) is 12.5 Å². The number of nitrogens with zero attached hydrogens (tertiary/aromatic N) is 1. The second-order valence-corrected chi connectivity index (χ2v) is 6.00. The first-order valence-electron chi connectivity index (χ1n) is 7.08. The molecule has 19 heavy (non-hydrogen) atoms. The van der Waals surface area contributed by atoms with Gasteiger partial charge in [-0.05, 0) is 23.8 Å². The lowest BCUT2D eigenvalue weighted by molar-refractivity contribution is -0.146. The number of piperidine rings is 1. The Balaban J connectivity index is 1.58. The summed E-state index contributed by atoms with van der Waals surface area (Å²) in [6, 6.07) is 10.5. The van der Waals surface area contributed by atoms with Crippen LogP contribution in [0, 0.1) is 17.3 Å². The number of ether oxygens (including phenoxy) is 1. The number of rotatable bonds is 4. The molecule has 3 unspecified atom stereocenters. The van der Waals surface area contributed by atoms with Crippen LogP contribution in [0.1, 0.15) is 19.4 Å². The summed E-state index contributed by atoms with van der Waals surface area (Å²) in [4.78, 5) is 14.3. The molecule has 2 fully saturated rings. The van der Waals surface area contributed by atoms with E-state index in [-0.39, 0.29) is 17.3 Å². The summed E-state index contributed by atoms with van der Waals surface area (Å²) >= 11 is 0. The molecule has 0 radical (unpaired) electrons. The average molecular weight is 259 g/mol. The monoisotopic (exact) mass is 259 g/mol. The van der Waals surface area contributed by atoms with E-state index in [1.165, 1.54) is 5.56 Å². The molecule has 0 amide bonds. The molecule has 1 aromatic carbocycles. The van der Waals surface area contributed by atoms with Gasteiger partial charge in [-0.25, -0.2) is 0 Å². The Morgan fingerprint density at radius 2 is 2.16 bits per heavy atom. The Hall–Kier alpha value is -1.35. The van der Waals surface area contributed by atoms with Gasteiger partial charge in [-0.2, -0.15) is 0 Å². The van der Waals surface area contributed by atoms with Gasteiger partial charge in [0, 0.05) is 19.6 Å². The smallest absolute Gasteiger partial charge is 0.309 e. The second-order valence-electron chi connectivity index (χ2n) is 6.00. The van der Waals surface area contributed by atoms with Crippen LogP contribution in [0.3, 0.4) is 0 Å². The van der Waals surface area contributed by atoms with E-state index in [4.69, 9.17) is 4.74 Å². The maximum atomic E-state index is 11.8. The fraction of sp³-hybridized carbons (Fsp3) is 0.562. The summed E-state index contributed by atoms with van der Waals surface area (Å²) < 4.78 is 5.16. The lowest BCUT2D eigenvalue weighted by Gasteiger charge is -2.21. The zero-order valence-corrected chi connectivity index (χ0v) is 11.6. The van der Waals surface area contributed by atoms with E-state index in [9.17, 15) is 4.79 Å². The van der Waals surface area contributed by atoms with Gasteiger partial charge in [-0.3, -0.25) is 9.69 Å². The van der Waals surface area contributed by atoms with E-state index >= 15 is 0 Å². The number of hydrogen-bond donors (Lipinski definition) is 0. The molecule has 1 saturated heterocycles. The van der Waals surface area contributed by atoms with Crippen molar-refractivity contribution in [1.82, 2.24) is 4.90 Å². The molecular formula is C16H21NO2. The van der Waals surface area contributed by atoms with Crippen molar-refractivity contribution >= 4 is 5.97 Å². The predicted molar refractivity (Wildman–Crippen MR) is 73.4 cm³/mol. The van der Waals surface area contributed by atoms with Crippen molar-refractivity contribution in [3.05, 3.63) is 35.9 Å². The third-order valence-electron chi connectivity index (χ3n) is 4.66. The lowest BCUT2D eigenvalue weighted by atomic mass is 10.1. The van der Waals surface area contributed by atoms with Gasteiger partial charge in [0.25, 0.3) is 0 Å². The Morgan fingerprint density at radius 1 is 1.42 bits per heavy atom. The molecule has 0 aromatic heterocycles. The highest BCUT2D eigenvalue weighted by molar-refractivity contribution is 5.78. The Labute approximate surface area is 114 Å². The first kappa shape index (κ1) is 12.7. The van der Waals surface area contributed by atoms with E-state index in [2.05, 4.69) is 36.1 Å². The molecule has 3 rings (SSSR count). The fourth-order valence-corrected chi connectivity index (χ4v) is 3.64. The molecule has 102 valence electrons. The molecule has 1 saturated carbocycles. The van der Waals surface area contributed by atoms with Gasteiger partial charge < -0.3 is 4.74 Å². The van der Waals surface area contributed by atoms with Crippen LogP contribution in [0.2, 0.25) is 0 Å². The van der Waals surface area contributed by atoms with Crippen molar-refractivity contribution in [3.8, 4) is 0 Å². The number of esters is 1. The molecule has 2 aliphatic rings. The number of fused-ring (bicyclic) bond motifs is 1. The average Bonchev–Trinajstić information content (AvgIpc) is 2.80. The molecule has 3 heteroatoms. The Bertz CT molecular complexity index is 473. The van der Waals surface area contributed by atoms with Gasteiger partial charge in [0.1, 0.15) is 0 Å². The highest BCUT2D eigenvalue weighted by Crippen LogP contribution is 2.63. The van der Waals surface area contributed by atoms with E-state index < -0.39 is 0 Å². The first-order chi connectivity index (χ1) is 9.15. The number of carbonyl (C=O) groups is 1. The number of likely N-dealkylation sites (tertiary alicyclic amines) is 1. The third-order valence-corrected chi connectivity index (χ3v) is 4.66. The van der Waals surface area contributed by atoms with Crippen LogP contribution in [0.5, 0.6) is 0 Å². The van der Waals surface area contributed by atoms with E-state index in [1.54, 1.807) is 0 Å². The minimum Gasteiger partial charge on any atom is -0.466 e. The summed E-state index contributed by atoms with van der Waals surface area (Å²) in [6.45, 7) is 7.61. The van der Waals surface area contributed by atoms with E-state index in [0.29, 0.717) is 12.5 Å². The van der Waals surface area contributed by atoms with Gasteiger partial charge in [0.15, 0.2) is 0 Å². The van der Waals surface area contributed by atoms with E-state index in [0.717, 1.165) is 19.6 Å². The summed E-state index contributed by atoms with van der Waals surface area (Å²) in [5.74, 6) is 0.643. The molecular weight excluding hydrogens is 238 g/mol. The van der Waals surface area contributed by atoms with Crippen molar-refractivity contribution in [2.45, 2.75) is 20.4 Å². The molecule has 1 aliphatic carbocycles. The summed E-state index contributed by atoms with van der Waals surface area (Å²) in [7, 11) is 0. The highest BCUT2D eigenvalue weighted by Gasteiger charge is 2.69. The number of benzene rings is 1. The lowest BCUT2D eigenvalue weighted by Crippen LogP contribution is -2.29. The maximum Gasteiger partial charge on any atom is 0.309 e. The normalized spacial score (nSPS) is 32.9. The topological polar surface area (TPSA) is 29.5 Å². The van der Waals surface area contributed by atoms with Gasteiger partial charge >= 0.3 is 5.97 Å². The van der Waals surface area contributed by atoms with Crippen LogP contribution in [0.4, 0.5) is 0 Å². The SMILES string of the molecule is CCOC(=O)C1C2CN(Cc3ccccc3)CC21C. The molecule has 1 aliphatic heterocycles. The van der Waals surface area contributed by atoms with Crippen LogP contribution >= 0.6 is 0 Å². The van der Waals surface area contributed by atoms with Crippen LogP contribution in [0.25, 0.3) is 0 Å². The van der Waals surface area contributed by atoms with Crippen molar-refractivity contribution in [2.75, 3.05) is 19.7 Å². The largest absolute Gasteiger partial charge is 0.466 e. The van der Waals surface area contributed by atoms with Crippen molar-refractivity contribution in [1.29, 1.82) is 0 Å². The van der Waals surface area contributed by atoms with Crippen molar-refractivity contribution in [2.24, 2.45) is 17.3 Å².